The molecule has 0 saturated heterocycles. The van der Waals surface area contributed by atoms with Crippen LogP contribution < -0.4 is 11.5 Å². The molecule has 2 atom stereocenters. The summed E-state index contributed by atoms with van der Waals surface area (Å²) in [6.07, 6.45) is 0.957. The lowest BCUT2D eigenvalue weighted by Crippen LogP contribution is -2.20. The van der Waals surface area contributed by atoms with Crippen molar-refractivity contribution in [3.63, 3.8) is 0 Å². The number of rotatable bonds is 5. The van der Waals surface area contributed by atoms with E-state index >= 15 is 0 Å². The fraction of sp³-hybridized carbons (Fsp3) is 0.600. The van der Waals surface area contributed by atoms with Crippen molar-refractivity contribution >= 4 is 0 Å². The minimum Gasteiger partial charge on any atom is -0.330 e. The first kappa shape index (κ1) is 14.2. The van der Waals surface area contributed by atoms with Gasteiger partial charge in [-0.3, -0.25) is 0 Å². The molecule has 2 unspecified atom stereocenters. The predicted octanol–water partition coefficient (Wildman–Crippen LogP) is 3.10. The average molecular weight is 234 g/mol. The molecule has 1 aromatic carbocycles. The molecule has 0 bridgehead atoms. The molecule has 2 heteroatoms. The second-order valence-electron chi connectivity index (χ2n) is 5.45. The zero-order valence-corrected chi connectivity index (χ0v) is 11.5. The summed E-state index contributed by atoms with van der Waals surface area (Å²) >= 11 is 0. The van der Waals surface area contributed by atoms with Crippen molar-refractivity contribution in [2.45, 2.75) is 46.1 Å². The van der Waals surface area contributed by atoms with Gasteiger partial charge in [0.25, 0.3) is 0 Å². The van der Waals surface area contributed by atoms with Crippen LogP contribution in [0.2, 0.25) is 0 Å². The number of aryl methyl sites for hydroxylation is 1. The molecule has 1 aromatic rings. The van der Waals surface area contributed by atoms with E-state index in [9.17, 15) is 0 Å². The summed E-state index contributed by atoms with van der Waals surface area (Å²) < 4.78 is 0. The van der Waals surface area contributed by atoms with E-state index in [1.165, 1.54) is 16.7 Å². The summed E-state index contributed by atoms with van der Waals surface area (Å²) in [5, 5.41) is 0. The third-order valence-electron chi connectivity index (χ3n) is 3.43. The molecule has 0 amide bonds. The van der Waals surface area contributed by atoms with E-state index in [-0.39, 0.29) is 6.04 Å². The van der Waals surface area contributed by atoms with E-state index in [0.717, 1.165) is 6.42 Å². The largest absolute Gasteiger partial charge is 0.330 e. The summed E-state index contributed by atoms with van der Waals surface area (Å²) in [5.41, 5.74) is 15.9. The van der Waals surface area contributed by atoms with Crippen molar-refractivity contribution in [2.24, 2.45) is 17.4 Å². The maximum Gasteiger partial charge on any atom is 0.0300 e. The third kappa shape index (κ3) is 3.83. The molecule has 0 aromatic heterocycles. The lowest BCUT2D eigenvalue weighted by Gasteiger charge is -2.20. The van der Waals surface area contributed by atoms with Crippen molar-refractivity contribution in [2.75, 3.05) is 6.54 Å². The lowest BCUT2D eigenvalue weighted by molar-refractivity contribution is 0.481. The van der Waals surface area contributed by atoms with Gasteiger partial charge in [0.15, 0.2) is 0 Å². The first-order valence-electron chi connectivity index (χ1n) is 6.51. The van der Waals surface area contributed by atoms with E-state index in [1.807, 2.05) is 0 Å². The van der Waals surface area contributed by atoms with Gasteiger partial charge in [0, 0.05) is 6.04 Å². The van der Waals surface area contributed by atoms with Gasteiger partial charge in [-0.2, -0.15) is 0 Å². The Morgan fingerprint density at radius 3 is 2.35 bits per heavy atom. The van der Waals surface area contributed by atoms with Crippen LogP contribution in [0.15, 0.2) is 18.2 Å². The van der Waals surface area contributed by atoms with Crippen LogP contribution in [0.3, 0.4) is 0 Å². The van der Waals surface area contributed by atoms with Crippen LogP contribution in [0, 0.1) is 12.8 Å². The Hall–Kier alpha value is -0.860. The molecule has 0 saturated carbocycles. The Balaban J connectivity index is 2.91. The van der Waals surface area contributed by atoms with Crippen LogP contribution in [0.1, 0.15) is 55.8 Å². The van der Waals surface area contributed by atoms with E-state index in [0.29, 0.717) is 18.4 Å². The fourth-order valence-corrected chi connectivity index (χ4v) is 2.07. The summed E-state index contributed by atoms with van der Waals surface area (Å²) in [7, 11) is 0. The quantitative estimate of drug-likeness (QED) is 0.822. The van der Waals surface area contributed by atoms with Gasteiger partial charge in [-0.1, -0.05) is 39.0 Å². The van der Waals surface area contributed by atoms with Crippen molar-refractivity contribution in [3.05, 3.63) is 34.9 Å². The van der Waals surface area contributed by atoms with Gasteiger partial charge in [-0.15, -0.1) is 0 Å². The number of hydrogen-bond acceptors (Lipinski definition) is 2. The molecule has 0 radical (unpaired) electrons. The van der Waals surface area contributed by atoms with E-state index in [4.69, 9.17) is 11.5 Å². The van der Waals surface area contributed by atoms with Crippen LogP contribution in [-0.4, -0.2) is 6.54 Å². The molecule has 1 rings (SSSR count). The van der Waals surface area contributed by atoms with Crippen molar-refractivity contribution in [3.8, 4) is 0 Å². The SMILES string of the molecule is Cc1ccc(C(C)C)cc1C(N)CC(C)CN. The normalized spacial score (nSPS) is 15.0. The Bertz CT molecular complexity index is 358. The highest BCUT2D eigenvalue weighted by atomic mass is 14.6. The lowest BCUT2D eigenvalue weighted by atomic mass is 9.90. The molecule has 0 aliphatic heterocycles. The van der Waals surface area contributed by atoms with Crippen LogP contribution >= 0.6 is 0 Å². The van der Waals surface area contributed by atoms with Crippen molar-refractivity contribution < 1.29 is 0 Å². The molecular formula is C15H26N2. The van der Waals surface area contributed by atoms with Crippen LogP contribution in [0.25, 0.3) is 0 Å². The summed E-state index contributed by atoms with van der Waals surface area (Å²) in [6.45, 7) is 9.41. The standard InChI is InChI=1S/C15H26N2/c1-10(2)13-6-5-12(4)14(8-13)15(17)7-11(3)9-16/h5-6,8,10-11,15H,7,9,16-17H2,1-4H3. The molecule has 0 spiro atoms. The minimum atomic E-state index is 0.104. The van der Waals surface area contributed by atoms with Crippen LogP contribution in [-0.2, 0) is 0 Å². The fourth-order valence-electron chi connectivity index (χ4n) is 2.07. The number of benzene rings is 1. The first-order valence-corrected chi connectivity index (χ1v) is 6.51. The van der Waals surface area contributed by atoms with Gasteiger partial charge < -0.3 is 11.5 Å². The Labute approximate surface area is 105 Å². The van der Waals surface area contributed by atoms with E-state index in [2.05, 4.69) is 45.9 Å². The highest BCUT2D eigenvalue weighted by Crippen LogP contribution is 2.25. The zero-order chi connectivity index (χ0) is 13.0. The molecule has 0 heterocycles. The van der Waals surface area contributed by atoms with Gasteiger partial charge >= 0.3 is 0 Å². The van der Waals surface area contributed by atoms with Crippen molar-refractivity contribution in [1.29, 1.82) is 0 Å². The highest BCUT2D eigenvalue weighted by molar-refractivity contribution is 5.34. The smallest absolute Gasteiger partial charge is 0.0300 e. The highest BCUT2D eigenvalue weighted by Gasteiger charge is 2.13. The Kier molecular flexibility index (Phi) is 5.16. The van der Waals surface area contributed by atoms with Gasteiger partial charge in [-0.05, 0) is 48.4 Å². The predicted molar refractivity (Wildman–Crippen MR) is 75.0 cm³/mol. The topological polar surface area (TPSA) is 52.0 Å². The summed E-state index contributed by atoms with van der Waals surface area (Å²) in [4.78, 5) is 0. The average Bonchev–Trinajstić information content (AvgIpc) is 2.28. The van der Waals surface area contributed by atoms with Crippen LogP contribution in [0.4, 0.5) is 0 Å². The molecule has 0 aliphatic carbocycles. The zero-order valence-electron chi connectivity index (χ0n) is 11.5. The second kappa shape index (κ2) is 6.18. The summed E-state index contributed by atoms with van der Waals surface area (Å²) in [6, 6.07) is 6.74. The minimum absolute atomic E-state index is 0.104. The van der Waals surface area contributed by atoms with Gasteiger partial charge in [0.05, 0.1) is 0 Å². The van der Waals surface area contributed by atoms with Gasteiger partial charge in [-0.25, -0.2) is 0 Å². The monoisotopic (exact) mass is 234 g/mol. The Morgan fingerprint density at radius 2 is 1.82 bits per heavy atom. The number of hydrogen-bond donors (Lipinski definition) is 2. The molecular weight excluding hydrogens is 208 g/mol. The maximum absolute atomic E-state index is 6.29. The number of nitrogens with two attached hydrogens (primary N) is 2. The summed E-state index contributed by atoms with van der Waals surface area (Å²) in [5.74, 6) is 1.03. The van der Waals surface area contributed by atoms with E-state index < -0.39 is 0 Å². The van der Waals surface area contributed by atoms with Crippen LogP contribution in [0.5, 0.6) is 0 Å². The molecule has 4 N–H and O–H groups in total. The Morgan fingerprint density at radius 1 is 1.18 bits per heavy atom. The van der Waals surface area contributed by atoms with Crippen molar-refractivity contribution in [1.82, 2.24) is 0 Å². The molecule has 0 aliphatic rings. The molecule has 2 nitrogen and oxygen atoms in total. The second-order valence-corrected chi connectivity index (χ2v) is 5.45. The van der Waals surface area contributed by atoms with Gasteiger partial charge in [0.1, 0.15) is 0 Å². The van der Waals surface area contributed by atoms with Gasteiger partial charge in [0.2, 0.25) is 0 Å². The maximum atomic E-state index is 6.29. The molecule has 96 valence electrons. The third-order valence-corrected chi connectivity index (χ3v) is 3.43. The molecule has 17 heavy (non-hydrogen) atoms. The first-order chi connectivity index (χ1) is 7.95. The molecule has 0 fully saturated rings. The van der Waals surface area contributed by atoms with E-state index in [1.54, 1.807) is 0 Å².